The lowest BCUT2D eigenvalue weighted by molar-refractivity contribution is 0.167. The summed E-state index contributed by atoms with van der Waals surface area (Å²) < 4.78 is 2.29. The minimum absolute atomic E-state index is 0. The molecule has 0 amide bonds. The first-order valence-corrected chi connectivity index (χ1v) is 9.79. The Morgan fingerprint density at radius 2 is 1.92 bits per heavy atom. The lowest BCUT2D eigenvalue weighted by atomic mass is 10.0. The van der Waals surface area contributed by atoms with E-state index in [4.69, 9.17) is 0 Å². The van der Waals surface area contributed by atoms with Crippen LogP contribution in [0.5, 0.6) is 0 Å². The van der Waals surface area contributed by atoms with E-state index in [2.05, 4.69) is 49.1 Å². The second kappa shape index (κ2) is 10.4. The molecular weight excluding hydrogens is 441 g/mol. The van der Waals surface area contributed by atoms with Gasteiger partial charge in [-0.25, -0.2) is 0 Å². The Bertz CT molecular complexity index is 576. The Hall–Kier alpha value is -0.900. The van der Waals surface area contributed by atoms with Gasteiger partial charge in [0.15, 0.2) is 11.8 Å². The molecule has 0 atom stereocenters. The number of piperidine rings is 1. The molecule has 1 aromatic rings. The van der Waals surface area contributed by atoms with Crippen molar-refractivity contribution in [3.8, 4) is 0 Å². The van der Waals surface area contributed by atoms with Gasteiger partial charge in [0.05, 0.1) is 6.54 Å². The van der Waals surface area contributed by atoms with E-state index >= 15 is 0 Å². The number of nitrogens with zero attached hydrogens (tertiary/aromatic N) is 5. The first-order valence-electron chi connectivity index (χ1n) is 9.79. The van der Waals surface area contributed by atoms with Crippen molar-refractivity contribution < 1.29 is 0 Å². The molecule has 7 nitrogen and oxygen atoms in total. The molecule has 8 heteroatoms. The number of rotatable bonds is 4. The molecule has 0 radical (unpaired) electrons. The first kappa shape index (κ1) is 21.4. The molecule has 0 aliphatic carbocycles. The Morgan fingerprint density at radius 1 is 1.15 bits per heavy atom. The number of aliphatic imine (C=N–C) groups is 1. The van der Waals surface area contributed by atoms with Crippen molar-refractivity contribution in [3.63, 3.8) is 0 Å². The van der Waals surface area contributed by atoms with Crippen LogP contribution >= 0.6 is 24.0 Å². The smallest absolute Gasteiger partial charge is 0.191 e. The van der Waals surface area contributed by atoms with E-state index in [0.29, 0.717) is 18.6 Å². The summed E-state index contributed by atoms with van der Waals surface area (Å²) in [5.41, 5.74) is 0. The summed E-state index contributed by atoms with van der Waals surface area (Å²) in [5.74, 6) is 3.03. The van der Waals surface area contributed by atoms with Gasteiger partial charge < -0.3 is 20.1 Å². The molecule has 3 rings (SSSR count). The zero-order valence-corrected chi connectivity index (χ0v) is 18.7. The van der Waals surface area contributed by atoms with E-state index in [9.17, 15) is 0 Å². The molecule has 3 heterocycles. The van der Waals surface area contributed by atoms with Gasteiger partial charge in [0, 0.05) is 45.2 Å². The third-order valence-corrected chi connectivity index (χ3v) is 5.42. The molecular formula is C18H34IN7. The highest BCUT2D eigenvalue weighted by Crippen LogP contribution is 2.15. The number of hydrogen-bond acceptors (Lipinski definition) is 4. The summed E-state index contributed by atoms with van der Waals surface area (Å²) in [6.07, 6.45) is 7.12. The van der Waals surface area contributed by atoms with Crippen LogP contribution in [0.1, 0.15) is 57.6 Å². The normalized spacial score (nSPS) is 19.6. The highest BCUT2D eigenvalue weighted by Gasteiger charge is 2.21. The van der Waals surface area contributed by atoms with Crippen LogP contribution in [0.2, 0.25) is 0 Å². The standard InChI is InChI=1S/C18H33N7.HI/c1-14(2)24-11-8-15(9-12-24)21-18(19-3)20-13-17-23-22-16-7-5-4-6-10-25(16)17;/h14-15H,4-13H2,1-3H3,(H2,19,20,21);1H. The molecule has 148 valence electrons. The maximum Gasteiger partial charge on any atom is 0.191 e. The molecule has 0 saturated carbocycles. The Labute approximate surface area is 174 Å². The minimum Gasteiger partial charge on any atom is -0.354 e. The van der Waals surface area contributed by atoms with Crippen molar-refractivity contribution in [1.82, 2.24) is 30.3 Å². The van der Waals surface area contributed by atoms with Crippen LogP contribution < -0.4 is 10.6 Å². The first-order chi connectivity index (χ1) is 12.2. The van der Waals surface area contributed by atoms with Crippen LogP contribution in [-0.2, 0) is 19.5 Å². The Balaban J connectivity index is 0.00000243. The maximum atomic E-state index is 4.39. The van der Waals surface area contributed by atoms with E-state index in [1.807, 2.05) is 7.05 Å². The van der Waals surface area contributed by atoms with Gasteiger partial charge in [0.1, 0.15) is 5.82 Å². The fourth-order valence-electron chi connectivity index (χ4n) is 3.79. The fraction of sp³-hybridized carbons (Fsp3) is 0.833. The summed E-state index contributed by atoms with van der Waals surface area (Å²) in [6, 6.07) is 1.14. The predicted octanol–water partition coefficient (Wildman–Crippen LogP) is 2.16. The number of aromatic nitrogens is 3. The van der Waals surface area contributed by atoms with E-state index < -0.39 is 0 Å². The molecule has 2 aliphatic rings. The monoisotopic (exact) mass is 475 g/mol. The quantitative estimate of drug-likeness (QED) is 0.397. The maximum absolute atomic E-state index is 4.39. The van der Waals surface area contributed by atoms with Crippen molar-refractivity contribution in [2.75, 3.05) is 20.1 Å². The Morgan fingerprint density at radius 3 is 2.62 bits per heavy atom. The van der Waals surface area contributed by atoms with Gasteiger partial charge >= 0.3 is 0 Å². The summed E-state index contributed by atoms with van der Waals surface area (Å²) in [4.78, 5) is 6.93. The number of likely N-dealkylation sites (tertiary alicyclic amines) is 1. The highest BCUT2D eigenvalue weighted by atomic mass is 127. The zero-order valence-electron chi connectivity index (χ0n) is 16.4. The van der Waals surface area contributed by atoms with Crippen LogP contribution in [0.25, 0.3) is 0 Å². The topological polar surface area (TPSA) is 70.4 Å². The summed E-state index contributed by atoms with van der Waals surface area (Å²) in [5, 5.41) is 15.8. The SMILES string of the molecule is CN=C(NCc1nnc2n1CCCCC2)NC1CCN(C(C)C)CC1.I. The fourth-order valence-corrected chi connectivity index (χ4v) is 3.79. The summed E-state index contributed by atoms with van der Waals surface area (Å²) >= 11 is 0. The van der Waals surface area contributed by atoms with Gasteiger partial charge in [-0.15, -0.1) is 34.2 Å². The lowest BCUT2D eigenvalue weighted by Gasteiger charge is -2.35. The van der Waals surface area contributed by atoms with Crippen LogP contribution in [0, 0.1) is 0 Å². The third-order valence-electron chi connectivity index (χ3n) is 5.42. The molecule has 1 fully saturated rings. The Kier molecular flexibility index (Phi) is 8.59. The van der Waals surface area contributed by atoms with Crippen LogP contribution in [-0.4, -0.2) is 57.8 Å². The van der Waals surface area contributed by atoms with Gasteiger partial charge in [0.25, 0.3) is 0 Å². The highest BCUT2D eigenvalue weighted by molar-refractivity contribution is 14.0. The number of nitrogens with one attached hydrogen (secondary N) is 2. The van der Waals surface area contributed by atoms with Crippen molar-refractivity contribution in [2.45, 2.75) is 77.5 Å². The molecule has 0 bridgehead atoms. The van der Waals surface area contributed by atoms with Crippen molar-refractivity contribution in [2.24, 2.45) is 4.99 Å². The van der Waals surface area contributed by atoms with Crippen molar-refractivity contribution in [1.29, 1.82) is 0 Å². The van der Waals surface area contributed by atoms with Gasteiger partial charge in [-0.05, 0) is 39.5 Å². The van der Waals surface area contributed by atoms with Crippen molar-refractivity contribution >= 4 is 29.9 Å². The number of fused-ring (bicyclic) bond motifs is 1. The summed E-state index contributed by atoms with van der Waals surface area (Å²) in [7, 11) is 1.84. The molecule has 1 aromatic heterocycles. The summed E-state index contributed by atoms with van der Waals surface area (Å²) in [6.45, 7) is 8.58. The van der Waals surface area contributed by atoms with Crippen molar-refractivity contribution in [3.05, 3.63) is 11.6 Å². The van der Waals surface area contributed by atoms with E-state index in [1.165, 1.54) is 32.1 Å². The number of aryl methyl sites for hydroxylation is 1. The van der Waals surface area contributed by atoms with E-state index in [-0.39, 0.29) is 24.0 Å². The second-order valence-corrected chi connectivity index (χ2v) is 7.47. The molecule has 2 N–H and O–H groups in total. The number of guanidine groups is 1. The second-order valence-electron chi connectivity index (χ2n) is 7.47. The van der Waals surface area contributed by atoms with Crippen LogP contribution in [0.3, 0.4) is 0 Å². The minimum atomic E-state index is 0. The molecule has 2 aliphatic heterocycles. The van der Waals surface area contributed by atoms with Crippen LogP contribution in [0.4, 0.5) is 0 Å². The average molecular weight is 475 g/mol. The molecule has 0 aromatic carbocycles. The predicted molar refractivity (Wildman–Crippen MR) is 116 cm³/mol. The van der Waals surface area contributed by atoms with Gasteiger partial charge in [0.2, 0.25) is 0 Å². The molecule has 26 heavy (non-hydrogen) atoms. The zero-order chi connectivity index (χ0) is 17.6. The largest absolute Gasteiger partial charge is 0.354 e. The van der Waals surface area contributed by atoms with Gasteiger partial charge in [-0.2, -0.15) is 0 Å². The lowest BCUT2D eigenvalue weighted by Crippen LogP contribution is -2.49. The van der Waals surface area contributed by atoms with E-state index in [1.54, 1.807) is 0 Å². The molecule has 0 unspecified atom stereocenters. The average Bonchev–Trinajstić information content (AvgIpc) is 2.85. The van der Waals surface area contributed by atoms with E-state index in [0.717, 1.165) is 43.7 Å². The number of hydrogen-bond donors (Lipinski definition) is 2. The number of halogens is 1. The molecule has 1 saturated heterocycles. The van der Waals surface area contributed by atoms with Gasteiger partial charge in [-0.3, -0.25) is 4.99 Å². The molecule has 0 spiro atoms. The third kappa shape index (κ3) is 5.55. The van der Waals surface area contributed by atoms with Gasteiger partial charge in [-0.1, -0.05) is 6.42 Å². The van der Waals surface area contributed by atoms with Crippen LogP contribution in [0.15, 0.2) is 4.99 Å².